The van der Waals surface area contributed by atoms with Crippen LogP contribution in [0.3, 0.4) is 0 Å². The molecule has 0 atom stereocenters. The van der Waals surface area contributed by atoms with Crippen molar-refractivity contribution in [1.29, 1.82) is 0 Å². The van der Waals surface area contributed by atoms with E-state index in [0.717, 1.165) is 0 Å². The van der Waals surface area contributed by atoms with Gasteiger partial charge in [-0.15, -0.1) is 0 Å². The van der Waals surface area contributed by atoms with E-state index < -0.39 is 5.03 Å². The van der Waals surface area contributed by atoms with Crippen LogP contribution in [0.15, 0.2) is 47.9 Å². The van der Waals surface area contributed by atoms with Gasteiger partial charge in [-0.1, -0.05) is 18.2 Å². The predicted octanol–water partition coefficient (Wildman–Crippen LogP) is 0.989. The molecule has 0 aliphatic carbocycles. The van der Waals surface area contributed by atoms with Gasteiger partial charge in [-0.05, 0) is 12.1 Å². The molecule has 1 N–H and O–H groups in total. The van der Waals surface area contributed by atoms with Gasteiger partial charge in [0.2, 0.25) is 0 Å². The molecule has 0 aromatic heterocycles. The average Bonchev–Trinajstić information content (AvgIpc) is 2.77. The van der Waals surface area contributed by atoms with Gasteiger partial charge in [0.25, 0.3) is 5.96 Å². The van der Waals surface area contributed by atoms with E-state index in [4.69, 9.17) is 4.74 Å². The van der Waals surface area contributed by atoms with Crippen molar-refractivity contribution in [1.82, 2.24) is 10.2 Å². The molecule has 1 fully saturated rings. The molecule has 94 valence electrons. The summed E-state index contributed by atoms with van der Waals surface area (Å²) < 4.78 is 5.35. The average molecular weight is 248 g/mol. The van der Waals surface area contributed by atoms with Crippen LogP contribution in [-0.2, 0) is 0 Å². The van der Waals surface area contributed by atoms with Crippen molar-refractivity contribution < 1.29 is 9.77 Å². The van der Waals surface area contributed by atoms with Gasteiger partial charge in [0.1, 0.15) is 17.1 Å². The van der Waals surface area contributed by atoms with Gasteiger partial charge >= 0.3 is 0 Å². The van der Waals surface area contributed by atoms with Crippen molar-refractivity contribution in [2.24, 2.45) is 5.10 Å². The van der Waals surface area contributed by atoms with Crippen molar-refractivity contribution in [3.63, 3.8) is 0 Å². The highest BCUT2D eigenvalue weighted by atomic mass is 16.7. The SMILES string of the molecule is O=[N+]([O-])/N=C1\NCCN1/C=C/Oc1ccccc1. The Hall–Kier alpha value is -2.57. The fourth-order valence-corrected chi connectivity index (χ4v) is 1.49. The number of para-hydroxylation sites is 1. The molecule has 1 aliphatic rings. The monoisotopic (exact) mass is 248 g/mol. The van der Waals surface area contributed by atoms with Crippen LogP contribution in [-0.4, -0.2) is 29.0 Å². The van der Waals surface area contributed by atoms with E-state index in [1.165, 1.54) is 6.26 Å². The Morgan fingerprint density at radius 2 is 2.22 bits per heavy atom. The summed E-state index contributed by atoms with van der Waals surface area (Å²) in [4.78, 5) is 11.9. The number of hydrogen-bond acceptors (Lipinski definition) is 3. The van der Waals surface area contributed by atoms with E-state index in [-0.39, 0.29) is 5.96 Å². The van der Waals surface area contributed by atoms with E-state index in [1.807, 2.05) is 30.3 Å². The number of ether oxygens (including phenoxy) is 1. The number of hydrazone groups is 1. The first-order chi connectivity index (χ1) is 8.75. The number of nitro groups is 1. The van der Waals surface area contributed by atoms with Gasteiger partial charge in [0, 0.05) is 19.3 Å². The zero-order valence-corrected chi connectivity index (χ0v) is 9.52. The van der Waals surface area contributed by atoms with Gasteiger partial charge in [-0.2, -0.15) is 0 Å². The second kappa shape index (κ2) is 5.67. The maximum Gasteiger partial charge on any atom is 0.275 e. The Bertz CT molecular complexity index is 472. The molecule has 0 unspecified atom stereocenters. The highest BCUT2D eigenvalue weighted by Gasteiger charge is 2.18. The minimum absolute atomic E-state index is 0.216. The molecule has 1 aromatic rings. The smallest absolute Gasteiger partial charge is 0.275 e. The predicted molar refractivity (Wildman–Crippen MR) is 65.3 cm³/mol. The summed E-state index contributed by atoms with van der Waals surface area (Å²) in [5, 5.41) is 15.6. The van der Waals surface area contributed by atoms with Crippen molar-refractivity contribution in [2.45, 2.75) is 0 Å². The highest BCUT2D eigenvalue weighted by molar-refractivity contribution is 5.82. The first-order valence-corrected chi connectivity index (χ1v) is 5.37. The molecule has 0 saturated carbocycles. The minimum Gasteiger partial charge on any atom is -0.463 e. The van der Waals surface area contributed by atoms with Gasteiger partial charge in [0.05, 0.1) is 0 Å². The quantitative estimate of drug-likeness (QED) is 0.488. The second-order valence-electron chi connectivity index (χ2n) is 3.50. The van der Waals surface area contributed by atoms with E-state index in [2.05, 4.69) is 10.4 Å². The number of hydrogen-bond donors (Lipinski definition) is 1. The molecule has 1 aliphatic heterocycles. The molecular formula is C11H12N4O3. The number of nitrogens with zero attached hydrogens (tertiary/aromatic N) is 3. The van der Waals surface area contributed by atoms with Crippen LogP contribution < -0.4 is 10.1 Å². The summed E-state index contributed by atoms with van der Waals surface area (Å²) in [5.74, 6) is 0.918. The Kier molecular flexibility index (Phi) is 3.75. The van der Waals surface area contributed by atoms with Crippen LogP contribution in [0, 0.1) is 10.1 Å². The van der Waals surface area contributed by atoms with Gasteiger partial charge in [0.15, 0.2) is 5.03 Å². The van der Waals surface area contributed by atoms with E-state index >= 15 is 0 Å². The lowest BCUT2D eigenvalue weighted by Gasteiger charge is -2.08. The van der Waals surface area contributed by atoms with Crippen molar-refractivity contribution in [2.75, 3.05) is 13.1 Å². The Morgan fingerprint density at radius 1 is 1.44 bits per heavy atom. The van der Waals surface area contributed by atoms with Crippen LogP contribution in [0.1, 0.15) is 0 Å². The number of guanidine groups is 1. The standard InChI is InChI=1S/C11H12N4O3/c16-15(17)13-11-12-6-7-14(11)8-9-18-10-4-2-1-3-5-10/h1-5,8-9H,6-7H2,(H,12,13)/b9-8+. The van der Waals surface area contributed by atoms with Crippen LogP contribution in [0.4, 0.5) is 0 Å². The molecule has 7 heteroatoms. The molecule has 0 radical (unpaired) electrons. The lowest BCUT2D eigenvalue weighted by molar-refractivity contribution is -0.485. The van der Waals surface area contributed by atoms with Gasteiger partial charge < -0.3 is 15.0 Å². The maximum absolute atomic E-state index is 10.3. The van der Waals surface area contributed by atoms with E-state index in [9.17, 15) is 10.1 Å². The fourth-order valence-electron chi connectivity index (χ4n) is 1.49. The van der Waals surface area contributed by atoms with Gasteiger partial charge in [-0.3, -0.25) is 0 Å². The fraction of sp³-hybridized carbons (Fsp3) is 0.182. The molecule has 18 heavy (non-hydrogen) atoms. The molecule has 0 bridgehead atoms. The van der Waals surface area contributed by atoms with E-state index in [1.54, 1.807) is 11.1 Å². The number of rotatable bonds is 4. The van der Waals surface area contributed by atoms with Crippen LogP contribution in [0.25, 0.3) is 0 Å². The third-order valence-electron chi connectivity index (χ3n) is 2.27. The molecule has 1 heterocycles. The van der Waals surface area contributed by atoms with Crippen molar-refractivity contribution in [3.05, 3.63) is 52.9 Å². The van der Waals surface area contributed by atoms with Crippen LogP contribution in [0.2, 0.25) is 0 Å². The zero-order valence-electron chi connectivity index (χ0n) is 9.52. The zero-order chi connectivity index (χ0) is 12.8. The Balaban J connectivity index is 1.95. The van der Waals surface area contributed by atoms with Crippen LogP contribution >= 0.6 is 0 Å². The molecular weight excluding hydrogens is 236 g/mol. The Labute approximate surface area is 104 Å². The maximum atomic E-state index is 10.3. The first-order valence-electron chi connectivity index (χ1n) is 5.37. The summed E-state index contributed by atoms with van der Waals surface area (Å²) in [6.45, 7) is 1.23. The van der Waals surface area contributed by atoms with Crippen LogP contribution in [0.5, 0.6) is 5.75 Å². The largest absolute Gasteiger partial charge is 0.463 e. The topological polar surface area (TPSA) is 80.0 Å². The normalized spacial score (nSPS) is 17.1. The molecule has 0 spiro atoms. The van der Waals surface area contributed by atoms with Gasteiger partial charge in [-0.25, -0.2) is 10.1 Å². The molecule has 2 rings (SSSR count). The second-order valence-corrected chi connectivity index (χ2v) is 3.50. The van der Waals surface area contributed by atoms with Crippen molar-refractivity contribution in [3.8, 4) is 5.75 Å². The van der Waals surface area contributed by atoms with Crippen molar-refractivity contribution >= 4 is 5.96 Å². The summed E-state index contributed by atoms with van der Waals surface area (Å²) in [6, 6.07) is 9.25. The summed E-state index contributed by atoms with van der Waals surface area (Å²) >= 11 is 0. The lowest BCUT2D eigenvalue weighted by atomic mass is 10.3. The third kappa shape index (κ3) is 3.21. The third-order valence-corrected chi connectivity index (χ3v) is 2.27. The first kappa shape index (κ1) is 11.9. The number of benzene rings is 1. The summed E-state index contributed by atoms with van der Waals surface area (Å²) in [6.07, 6.45) is 3.08. The Morgan fingerprint density at radius 3 is 2.94 bits per heavy atom. The highest BCUT2D eigenvalue weighted by Crippen LogP contribution is 2.09. The summed E-state index contributed by atoms with van der Waals surface area (Å²) in [7, 11) is 0. The molecule has 1 aromatic carbocycles. The molecule has 7 nitrogen and oxygen atoms in total. The number of nitrogens with one attached hydrogen (secondary N) is 1. The summed E-state index contributed by atoms with van der Waals surface area (Å²) in [5.41, 5.74) is 0. The minimum atomic E-state index is -0.730. The van der Waals surface area contributed by atoms with E-state index in [0.29, 0.717) is 18.8 Å². The lowest BCUT2D eigenvalue weighted by Crippen LogP contribution is -2.26. The molecule has 1 saturated heterocycles. The molecule has 0 amide bonds.